The van der Waals surface area contributed by atoms with Crippen LogP contribution in [-0.2, 0) is 91.2 Å². The van der Waals surface area contributed by atoms with E-state index in [1.54, 1.807) is 67.0 Å². The van der Waals surface area contributed by atoms with Crippen molar-refractivity contribution in [2.45, 2.75) is 93.4 Å². The van der Waals surface area contributed by atoms with E-state index in [-0.39, 0.29) is 115 Å². The summed E-state index contributed by atoms with van der Waals surface area (Å²) in [4.78, 5) is 206. The van der Waals surface area contributed by atoms with Gasteiger partial charge in [0.15, 0.2) is 0 Å². The minimum absolute atomic E-state index is 0. The van der Waals surface area contributed by atoms with Gasteiger partial charge in [0.2, 0.25) is 65.0 Å². The summed E-state index contributed by atoms with van der Waals surface area (Å²) in [6.07, 6.45) is 1.62. The van der Waals surface area contributed by atoms with Gasteiger partial charge in [-0.25, -0.2) is 0 Å². The predicted octanol–water partition coefficient (Wildman–Crippen LogP) is -11.8. The summed E-state index contributed by atoms with van der Waals surface area (Å²) < 4.78 is 0. The molecule has 3 aromatic carbocycles. The maximum atomic E-state index is 14.5. The van der Waals surface area contributed by atoms with Gasteiger partial charge in [-0.15, -0.1) is 0 Å². The summed E-state index contributed by atoms with van der Waals surface area (Å²) in [5.74, 6) is -17.5. The van der Waals surface area contributed by atoms with Gasteiger partial charge in [-0.3, -0.25) is 77.1 Å². The van der Waals surface area contributed by atoms with Crippen molar-refractivity contribution in [3.8, 4) is 5.75 Å². The number of aromatic nitrogens is 1. The van der Waals surface area contributed by atoms with Gasteiger partial charge >= 0.3 is 31.8 Å². The number of thioether (sulfide) groups is 1. The molecule has 0 spiro atoms. The number of hydrogen-bond donors (Lipinski definition) is 17. The Balaban J connectivity index is 0.0000251. The number of primary amides is 1. The Bertz CT molecular complexity index is 3740. The molecule has 9 atom stereocenters. The molecule has 2 heterocycles. The third-order valence-corrected chi connectivity index (χ3v) is 17.6. The Labute approximate surface area is 648 Å². The number of nitrogens with two attached hydrogens (primary N) is 1. The third kappa shape index (κ3) is 32.4. The van der Waals surface area contributed by atoms with Gasteiger partial charge in [-0.1, -0.05) is 60.7 Å². The first-order valence-corrected chi connectivity index (χ1v) is 35.5. The molecule has 0 unspecified atom stereocenters. The number of fused-ring (bicyclic) bond motifs is 1. The zero-order chi connectivity index (χ0) is 79.6. The number of H-pyrrole nitrogens is 1. The van der Waals surface area contributed by atoms with Crippen molar-refractivity contribution in [2.75, 3.05) is 117 Å². The smallest absolute Gasteiger partial charge is 0.549 e. The first-order chi connectivity index (χ1) is 51.4. The minimum Gasteiger partial charge on any atom is -0.549 e. The summed E-state index contributed by atoms with van der Waals surface area (Å²) in [6.45, 7) is -5.43. The molecule has 1 saturated heterocycles. The minimum atomic E-state index is -1.93. The number of aromatic amines is 1. The Hall–Kier alpha value is -10.0. The van der Waals surface area contributed by atoms with E-state index >= 15 is 0 Å². The Morgan fingerprint density at radius 3 is 1.39 bits per heavy atom. The number of aromatic hydroxyl groups is 1. The number of phenols is 1. The molecule has 109 heavy (non-hydrogen) atoms. The zero-order valence-corrected chi connectivity index (χ0v) is 63.9. The molecule has 18 N–H and O–H groups in total. The third-order valence-electron chi connectivity index (χ3n) is 17.0. The number of carbonyl (C=O) groups is 15. The van der Waals surface area contributed by atoms with Gasteiger partial charge in [0.1, 0.15) is 60.1 Å². The van der Waals surface area contributed by atoms with Crippen LogP contribution in [0.5, 0.6) is 5.75 Å². The maximum absolute atomic E-state index is 14.5. The number of aliphatic hydroxyl groups excluding tert-OH is 3. The molecule has 0 aliphatic carbocycles. The van der Waals surface area contributed by atoms with E-state index in [4.69, 9.17) is 5.73 Å². The van der Waals surface area contributed by atoms with Crippen molar-refractivity contribution in [3.05, 3.63) is 102 Å². The average Bonchev–Trinajstić information content (AvgIpc) is 1.68. The van der Waals surface area contributed by atoms with Crippen LogP contribution in [0.25, 0.3) is 10.9 Å². The van der Waals surface area contributed by atoms with E-state index < -0.39 is 202 Å². The predicted molar refractivity (Wildman–Crippen MR) is 382 cm³/mol. The second-order valence-corrected chi connectivity index (χ2v) is 26.2. The first kappa shape index (κ1) is 91.4. The van der Waals surface area contributed by atoms with Crippen molar-refractivity contribution in [3.63, 3.8) is 0 Å². The molecule has 41 heteroatoms. The van der Waals surface area contributed by atoms with E-state index in [0.29, 0.717) is 27.6 Å². The average molecular weight is 1640 g/mol. The van der Waals surface area contributed by atoms with Gasteiger partial charge in [-0.05, 0) is 60.2 Å². The van der Waals surface area contributed by atoms with Crippen LogP contribution in [0.4, 0.5) is 0 Å². The molecule has 4 aromatic rings. The Morgan fingerprint density at radius 2 is 0.881 bits per heavy atom. The molecule has 1 aliphatic rings. The van der Waals surface area contributed by atoms with E-state index in [9.17, 15) is 113 Å². The van der Waals surface area contributed by atoms with Crippen LogP contribution in [0.1, 0.15) is 36.5 Å². The topological polar surface area (TPSA) is 601 Å². The van der Waals surface area contributed by atoms with Gasteiger partial charge < -0.3 is 119 Å². The summed E-state index contributed by atoms with van der Waals surface area (Å²) in [5, 5.41) is 109. The number of rotatable bonds is 42. The van der Waals surface area contributed by atoms with Gasteiger partial charge in [0.25, 0.3) is 0 Å². The summed E-state index contributed by atoms with van der Waals surface area (Å²) in [5.41, 5.74) is 7.71. The SMILES string of the molecule is CSCC[C@H](NC(=O)[C@H](Cc1c[nH]c2ccccc12)NC(=O)CNC(=O)[C@H](Cc1ccc(O)cc1)NC(=O)[C@H](C)NC(=O)[C@@H](CO)NC(=O)[C@@H](CO)NC(=O)[C@@H](CO)NC(=O)CN1CCN(CC(=O)[O-])CCN(CC(=O)[O-])CCN(CC(=O)[O-])CC1)C(=O)N[C@@H](CC(=O)O)C(=O)N[C@@H](Cc1ccccc1)C(N)=O.[111In+3]. The maximum Gasteiger partial charge on any atom is 3.00 e. The number of amides is 11. The van der Waals surface area contributed by atoms with Crippen molar-refractivity contribution < 1.29 is 113 Å². The molecule has 1 aromatic heterocycles. The van der Waals surface area contributed by atoms with E-state index in [2.05, 4.69) is 58.2 Å². The summed E-state index contributed by atoms with van der Waals surface area (Å²) >= 11 is 1.28. The van der Waals surface area contributed by atoms with Crippen molar-refractivity contribution in [1.82, 2.24) is 77.8 Å². The van der Waals surface area contributed by atoms with Gasteiger partial charge in [-0.2, -0.15) is 11.8 Å². The number of carboxylic acids is 4. The molecule has 39 nitrogen and oxygen atoms in total. The van der Waals surface area contributed by atoms with E-state index in [1.807, 2.05) is 0 Å². The number of para-hydroxylation sites is 1. The van der Waals surface area contributed by atoms with Crippen molar-refractivity contribution >= 4 is 137 Å². The normalized spacial score (nSPS) is 15.7. The number of carboxylic acid groups (broad SMARTS) is 4. The van der Waals surface area contributed by atoms with Crippen LogP contribution in [0.2, 0.25) is 0 Å². The van der Waals surface area contributed by atoms with Gasteiger partial charge in [0, 0.05) is 108 Å². The standard InChI is InChI=1S/C68H94N16O23S.In/c1-39(72-66(105)52(37-86)79-68(107)53(38-87)80-67(106)51(36-85)74-55(90)32-81-17-19-82(33-57(93)94)21-23-84(35-59(97)98)24-22-83(20-18-81)34-58(95)96)61(100)77-48(27-41-12-14-43(88)15-13-41)62(101)71-31-54(89)73-49(28-42-30-70-45-11-7-6-10-44(42)45)64(103)75-46(16-25-108-2)63(102)78-50(29-56(91)92)65(104)76-47(60(69)99)26-40-8-4-3-5-9-40;/h3-15,30,39,46-53,70,85-88H,16-29,31-38H2,1-2H3,(H2,69,99)(H,71,101)(H,72,105)(H,73,89)(H,74,90)(H,75,103)(H,76,104)(H,77,100)(H,78,102)(H,79,107)(H,80,106)(H,91,92)(H,93,94)(H,95,96)(H,97,98);/q;+3/p-3/t39-,46-,47-,48-,49-,50-,51+,52+,53+;/m0./s1/i;1-4. The number of carbonyl (C=O) groups excluding carboxylic acids is 14. The first-order valence-electron chi connectivity index (χ1n) is 34.1. The second-order valence-electron chi connectivity index (χ2n) is 25.2. The number of phenolic OH excluding ortho intramolecular Hbond substituents is 1. The van der Waals surface area contributed by atoms with Crippen LogP contribution in [0, 0.1) is 0 Å². The zero-order valence-electron chi connectivity index (χ0n) is 59.8. The van der Waals surface area contributed by atoms with Crippen molar-refractivity contribution in [1.29, 1.82) is 0 Å². The number of hydrogen-bond acceptors (Lipinski definition) is 27. The molecular formula is C68H91InN16O23S. The molecule has 11 amide bonds. The molecule has 0 bridgehead atoms. The number of nitrogens with one attached hydrogen (secondary N) is 11. The molecule has 0 radical (unpaired) electrons. The van der Waals surface area contributed by atoms with Crippen LogP contribution in [-0.4, -0.2) is 336 Å². The fraction of sp³-hybridized carbons (Fsp3) is 0.485. The van der Waals surface area contributed by atoms with Crippen LogP contribution in [0.3, 0.4) is 0 Å². The van der Waals surface area contributed by atoms with Crippen LogP contribution in [0.15, 0.2) is 85.1 Å². The van der Waals surface area contributed by atoms with Crippen molar-refractivity contribution in [2.24, 2.45) is 5.73 Å². The summed E-state index contributed by atoms with van der Waals surface area (Å²) in [7, 11) is 0. The fourth-order valence-corrected chi connectivity index (χ4v) is 11.6. The molecule has 1 fully saturated rings. The molecular weight excluding hydrogens is 1550 g/mol. The quantitative estimate of drug-likeness (QED) is 0.0196. The molecule has 0 saturated carbocycles. The monoisotopic (exact) mass is 1640 g/mol. The van der Waals surface area contributed by atoms with E-state index in [1.165, 1.54) is 55.6 Å². The summed E-state index contributed by atoms with van der Waals surface area (Å²) in [6, 6.07) is 5.88. The number of aliphatic carboxylic acids is 4. The Kier molecular flexibility index (Phi) is 39.4. The Morgan fingerprint density at radius 1 is 0.477 bits per heavy atom. The fourth-order valence-electron chi connectivity index (χ4n) is 11.1. The molecule has 1 aliphatic heterocycles. The number of benzene rings is 3. The largest absolute Gasteiger partial charge is 3.00 e. The van der Waals surface area contributed by atoms with Crippen LogP contribution < -0.4 is 74.2 Å². The molecule has 5 rings (SSSR count). The number of nitrogens with zero attached hydrogens (tertiary/aromatic N) is 4. The number of aliphatic hydroxyl groups is 3. The molecule has 590 valence electrons. The van der Waals surface area contributed by atoms with Gasteiger partial charge in [0.05, 0.1) is 57.2 Å². The second kappa shape index (κ2) is 47.0. The van der Waals surface area contributed by atoms with Crippen LogP contribution >= 0.6 is 11.8 Å². The van der Waals surface area contributed by atoms with E-state index in [0.717, 1.165) is 6.92 Å².